The molecule has 1 atom stereocenters. The Hall–Kier alpha value is -1.76. The molecule has 1 nitrogen and oxygen atoms in total. The Morgan fingerprint density at radius 1 is 0.909 bits per heavy atom. The third kappa shape index (κ3) is 3.91. The Kier molecular flexibility index (Phi) is 5.28. The molecule has 0 aliphatic carbocycles. The largest absolute Gasteiger partial charge is 0.493 e. The van der Waals surface area contributed by atoms with Gasteiger partial charge in [-0.2, -0.15) is 0 Å². The molecular formula is C21H28O. The molecule has 118 valence electrons. The second-order valence-electron chi connectivity index (χ2n) is 6.84. The molecule has 0 heterocycles. The normalized spacial score (nSPS) is 13.0. The molecule has 0 saturated carbocycles. The van der Waals surface area contributed by atoms with E-state index in [2.05, 4.69) is 83.1 Å². The SMILES string of the molecule is CCC(C)COc1ccc(C(C)(C)c2ccc(C)cc2)cc1. The van der Waals surface area contributed by atoms with Crippen LogP contribution in [0.1, 0.15) is 50.8 Å². The first-order valence-electron chi connectivity index (χ1n) is 8.24. The summed E-state index contributed by atoms with van der Waals surface area (Å²) < 4.78 is 5.85. The zero-order chi connectivity index (χ0) is 16.2. The summed E-state index contributed by atoms with van der Waals surface area (Å²) >= 11 is 0. The van der Waals surface area contributed by atoms with Gasteiger partial charge in [-0.25, -0.2) is 0 Å². The van der Waals surface area contributed by atoms with Crippen LogP contribution in [0.5, 0.6) is 5.75 Å². The minimum atomic E-state index is 0.00292. The van der Waals surface area contributed by atoms with Gasteiger partial charge in [0, 0.05) is 5.41 Å². The highest BCUT2D eigenvalue weighted by Crippen LogP contribution is 2.32. The van der Waals surface area contributed by atoms with Crippen LogP contribution < -0.4 is 4.74 Å². The number of hydrogen-bond donors (Lipinski definition) is 0. The highest BCUT2D eigenvalue weighted by molar-refractivity contribution is 5.40. The van der Waals surface area contributed by atoms with Crippen LogP contribution in [0.4, 0.5) is 0 Å². The molecule has 0 aliphatic rings. The first-order valence-corrected chi connectivity index (χ1v) is 8.24. The van der Waals surface area contributed by atoms with E-state index in [1.54, 1.807) is 0 Å². The Bertz CT molecular complexity index is 578. The molecule has 1 unspecified atom stereocenters. The van der Waals surface area contributed by atoms with Crippen LogP contribution in [0.15, 0.2) is 48.5 Å². The number of hydrogen-bond acceptors (Lipinski definition) is 1. The predicted octanol–water partition coefficient (Wildman–Crippen LogP) is 5.75. The average molecular weight is 296 g/mol. The van der Waals surface area contributed by atoms with E-state index in [0.717, 1.165) is 18.8 Å². The Labute approximate surface area is 135 Å². The first kappa shape index (κ1) is 16.6. The van der Waals surface area contributed by atoms with E-state index in [9.17, 15) is 0 Å². The van der Waals surface area contributed by atoms with Crippen molar-refractivity contribution in [1.29, 1.82) is 0 Å². The molecule has 1 heteroatoms. The Morgan fingerprint density at radius 3 is 1.91 bits per heavy atom. The summed E-state index contributed by atoms with van der Waals surface area (Å²) in [7, 11) is 0. The zero-order valence-corrected chi connectivity index (χ0v) is 14.5. The summed E-state index contributed by atoms with van der Waals surface area (Å²) in [5.74, 6) is 1.56. The lowest BCUT2D eigenvalue weighted by molar-refractivity contribution is 0.256. The molecule has 0 spiro atoms. The molecule has 2 aromatic rings. The van der Waals surface area contributed by atoms with Gasteiger partial charge in [0.2, 0.25) is 0 Å². The third-order valence-corrected chi connectivity index (χ3v) is 4.58. The average Bonchev–Trinajstić information content (AvgIpc) is 2.53. The van der Waals surface area contributed by atoms with E-state index in [1.165, 1.54) is 16.7 Å². The van der Waals surface area contributed by atoms with E-state index in [0.29, 0.717) is 5.92 Å². The summed E-state index contributed by atoms with van der Waals surface area (Å²) in [5.41, 5.74) is 3.95. The molecule has 0 aromatic heterocycles. The van der Waals surface area contributed by atoms with Gasteiger partial charge in [0.1, 0.15) is 5.75 Å². The number of aryl methyl sites for hydroxylation is 1. The molecule has 2 aromatic carbocycles. The second-order valence-corrected chi connectivity index (χ2v) is 6.84. The quantitative estimate of drug-likeness (QED) is 0.660. The van der Waals surface area contributed by atoms with Gasteiger partial charge in [-0.3, -0.25) is 0 Å². The summed E-state index contributed by atoms with van der Waals surface area (Å²) in [6.45, 7) is 11.9. The second kappa shape index (κ2) is 7.00. The lowest BCUT2D eigenvalue weighted by Crippen LogP contribution is -2.18. The van der Waals surface area contributed by atoms with Crippen molar-refractivity contribution >= 4 is 0 Å². The van der Waals surface area contributed by atoms with Crippen LogP contribution in [0.3, 0.4) is 0 Å². The first-order chi connectivity index (χ1) is 10.4. The van der Waals surface area contributed by atoms with Gasteiger partial charge in [0.25, 0.3) is 0 Å². The van der Waals surface area contributed by atoms with Crippen LogP contribution in [-0.4, -0.2) is 6.61 Å². The van der Waals surface area contributed by atoms with E-state index in [-0.39, 0.29) is 5.41 Å². The summed E-state index contributed by atoms with van der Waals surface area (Å²) in [4.78, 5) is 0. The minimum absolute atomic E-state index is 0.00292. The standard InChI is InChI=1S/C21H28O/c1-6-16(2)15-22-20-13-11-19(12-14-20)21(4,5)18-9-7-17(3)8-10-18/h7-14,16H,6,15H2,1-5H3. The lowest BCUT2D eigenvalue weighted by Gasteiger charge is -2.26. The van der Waals surface area contributed by atoms with Gasteiger partial charge in [-0.15, -0.1) is 0 Å². The molecule has 0 N–H and O–H groups in total. The van der Waals surface area contributed by atoms with Gasteiger partial charge < -0.3 is 4.74 Å². The molecule has 0 saturated heterocycles. The molecule has 0 amide bonds. The zero-order valence-electron chi connectivity index (χ0n) is 14.5. The maximum absolute atomic E-state index is 5.85. The molecule has 0 aliphatic heterocycles. The minimum Gasteiger partial charge on any atom is -0.493 e. The van der Waals surface area contributed by atoms with Crippen LogP contribution in [-0.2, 0) is 5.41 Å². The van der Waals surface area contributed by atoms with Crippen molar-refractivity contribution in [2.24, 2.45) is 5.92 Å². The van der Waals surface area contributed by atoms with E-state index in [1.807, 2.05) is 0 Å². The van der Waals surface area contributed by atoms with E-state index >= 15 is 0 Å². The van der Waals surface area contributed by atoms with Crippen molar-refractivity contribution in [3.63, 3.8) is 0 Å². The molecule has 0 radical (unpaired) electrons. The number of rotatable bonds is 6. The molecule has 22 heavy (non-hydrogen) atoms. The summed E-state index contributed by atoms with van der Waals surface area (Å²) in [5, 5.41) is 0. The van der Waals surface area contributed by atoms with E-state index < -0.39 is 0 Å². The monoisotopic (exact) mass is 296 g/mol. The van der Waals surface area contributed by atoms with Gasteiger partial charge in [-0.05, 0) is 36.1 Å². The maximum Gasteiger partial charge on any atom is 0.119 e. The van der Waals surface area contributed by atoms with Crippen molar-refractivity contribution in [3.8, 4) is 5.75 Å². The molecule has 2 rings (SSSR count). The van der Waals surface area contributed by atoms with Crippen LogP contribution >= 0.6 is 0 Å². The fourth-order valence-electron chi connectivity index (χ4n) is 2.46. The van der Waals surface area contributed by atoms with Crippen LogP contribution in [0.25, 0.3) is 0 Å². The van der Waals surface area contributed by atoms with Crippen molar-refractivity contribution in [3.05, 3.63) is 65.2 Å². The van der Waals surface area contributed by atoms with Crippen LogP contribution in [0, 0.1) is 12.8 Å². The summed E-state index contributed by atoms with van der Waals surface area (Å²) in [6.07, 6.45) is 1.15. The lowest BCUT2D eigenvalue weighted by atomic mass is 9.78. The Balaban J connectivity index is 2.13. The van der Waals surface area contributed by atoms with E-state index in [4.69, 9.17) is 4.74 Å². The van der Waals surface area contributed by atoms with Crippen molar-refractivity contribution in [2.75, 3.05) is 6.61 Å². The van der Waals surface area contributed by atoms with Gasteiger partial charge >= 0.3 is 0 Å². The highest BCUT2D eigenvalue weighted by Gasteiger charge is 2.22. The van der Waals surface area contributed by atoms with Gasteiger partial charge in [-0.1, -0.05) is 76.1 Å². The van der Waals surface area contributed by atoms with Crippen LogP contribution in [0.2, 0.25) is 0 Å². The predicted molar refractivity (Wildman–Crippen MR) is 94.7 cm³/mol. The molecule has 0 bridgehead atoms. The van der Waals surface area contributed by atoms with Crippen molar-refractivity contribution in [2.45, 2.75) is 46.5 Å². The van der Waals surface area contributed by atoms with Gasteiger partial charge in [0.05, 0.1) is 6.61 Å². The molecular weight excluding hydrogens is 268 g/mol. The van der Waals surface area contributed by atoms with Crippen molar-refractivity contribution in [1.82, 2.24) is 0 Å². The fourth-order valence-corrected chi connectivity index (χ4v) is 2.46. The van der Waals surface area contributed by atoms with Gasteiger partial charge in [0.15, 0.2) is 0 Å². The fraction of sp³-hybridized carbons (Fsp3) is 0.429. The smallest absolute Gasteiger partial charge is 0.119 e. The molecule has 0 fully saturated rings. The number of ether oxygens (including phenoxy) is 1. The third-order valence-electron chi connectivity index (χ3n) is 4.58. The maximum atomic E-state index is 5.85. The van der Waals surface area contributed by atoms with Crippen molar-refractivity contribution < 1.29 is 4.74 Å². The summed E-state index contributed by atoms with van der Waals surface area (Å²) in [6, 6.07) is 17.4. The topological polar surface area (TPSA) is 9.23 Å². The highest BCUT2D eigenvalue weighted by atomic mass is 16.5. The number of benzene rings is 2. The Morgan fingerprint density at radius 2 is 1.41 bits per heavy atom.